The van der Waals surface area contributed by atoms with Gasteiger partial charge in [0.15, 0.2) is 5.65 Å². The summed E-state index contributed by atoms with van der Waals surface area (Å²) < 4.78 is 38.4. The molecule has 0 radical (unpaired) electrons. The lowest BCUT2D eigenvalue weighted by Gasteiger charge is -2.08. The van der Waals surface area contributed by atoms with E-state index in [0.717, 1.165) is 5.56 Å². The third-order valence-electron chi connectivity index (χ3n) is 4.74. The number of nitrogens with zero attached hydrogens (tertiary/aromatic N) is 3. The number of hydrogen-bond acceptors (Lipinski definition) is 7. The molecule has 0 saturated carbocycles. The maximum absolute atomic E-state index is 13.3. The minimum Gasteiger partial charge on any atom is -0.491 e. The third-order valence-corrected chi connectivity index (χ3v) is 6.57. The van der Waals surface area contributed by atoms with Crippen LogP contribution in [0, 0.1) is 13.8 Å². The van der Waals surface area contributed by atoms with Crippen LogP contribution < -0.4 is 10.3 Å². The Morgan fingerprint density at radius 1 is 1.10 bits per heavy atom. The summed E-state index contributed by atoms with van der Waals surface area (Å²) in [5.41, 5.74) is 1.48. The highest BCUT2D eigenvalue weighted by Crippen LogP contribution is 2.27. The molecule has 0 aliphatic carbocycles. The lowest BCUT2D eigenvalue weighted by atomic mass is 10.2. The second-order valence-corrected chi connectivity index (χ2v) is 8.74. The van der Waals surface area contributed by atoms with Crippen molar-refractivity contribution < 1.29 is 17.9 Å². The SMILES string of the molecule is COCCOc1ccc2c(=O)[nH]c3c(S(=O)(=O)c4ccc(C)cc4C)nnn3c2c1. The van der Waals surface area contributed by atoms with Crippen molar-refractivity contribution in [2.75, 3.05) is 20.3 Å². The van der Waals surface area contributed by atoms with Gasteiger partial charge in [0, 0.05) is 13.2 Å². The lowest BCUT2D eigenvalue weighted by Crippen LogP contribution is -2.13. The number of sulfone groups is 1. The molecule has 0 aliphatic rings. The minimum atomic E-state index is -4.00. The Hall–Kier alpha value is -3.24. The molecule has 30 heavy (non-hydrogen) atoms. The Morgan fingerprint density at radius 3 is 2.63 bits per heavy atom. The maximum atomic E-state index is 13.3. The molecule has 4 aromatic rings. The summed E-state index contributed by atoms with van der Waals surface area (Å²) in [4.78, 5) is 15.3. The highest BCUT2D eigenvalue weighted by Gasteiger charge is 2.27. The van der Waals surface area contributed by atoms with Crippen LogP contribution in [-0.2, 0) is 14.6 Å². The molecule has 9 nitrogen and oxygen atoms in total. The fourth-order valence-electron chi connectivity index (χ4n) is 3.32. The Kier molecular flexibility index (Phi) is 5.04. The average molecular weight is 428 g/mol. The predicted octanol–water partition coefficient (Wildman–Crippen LogP) is 2.05. The first-order valence-corrected chi connectivity index (χ1v) is 10.7. The van der Waals surface area contributed by atoms with Crippen LogP contribution in [0.25, 0.3) is 16.6 Å². The fourth-order valence-corrected chi connectivity index (χ4v) is 4.79. The number of fused-ring (bicyclic) bond motifs is 3. The van der Waals surface area contributed by atoms with Gasteiger partial charge in [-0.05, 0) is 37.6 Å². The van der Waals surface area contributed by atoms with E-state index < -0.39 is 15.4 Å². The summed E-state index contributed by atoms with van der Waals surface area (Å²) in [7, 11) is -2.43. The minimum absolute atomic E-state index is 0.00140. The first kappa shape index (κ1) is 20.0. The van der Waals surface area contributed by atoms with Gasteiger partial charge >= 0.3 is 0 Å². The molecular weight excluding hydrogens is 408 g/mol. The van der Waals surface area contributed by atoms with E-state index in [4.69, 9.17) is 9.47 Å². The second-order valence-electron chi connectivity index (χ2n) is 6.90. The van der Waals surface area contributed by atoms with Crippen molar-refractivity contribution in [1.29, 1.82) is 0 Å². The number of aromatic nitrogens is 4. The quantitative estimate of drug-likeness (QED) is 0.467. The molecular formula is C20H20N4O5S. The maximum Gasteiger partial charge on any atom is 0.259 e. The summed E-state index contributed by atoms with van der Waals surface area (Å²) in [5, 5.41) is 7.93. The molecule has 156 valence electrons. The van der Waals surface area contributed by atoms with Gasteiger partial charge in [0.2, 0.25) is 14.9 Å². The molecule has 0 unspecified atom stereocenters. The first-order valence-electron chi connectivity index (χ1n) is 9.18. The molecule has 0 fully saturated rings. The van der Waals surface area contributed by atoms with Crippen molar-refractivity contribution in [3.05, 3.63) is 57.9 Å². The predicted molar refractivity (Wildman–Crippen MR) is 110 cm³/mol. The van der Waals surface area contributed by atoms with Gasteiger partial charge in [0.1, 0.15) is 12.4 Å². The van der Waals surface area contributed by atoms with Crippen LogP contribution >= 0.6 is 0 Å². The number of ether oxygens (including phenoxy) is 2. The molecule has 2 heterocycles. The summed E-state index contributed by atoms with van der Waals surface area (Å²) in [5.74, 6) is 0.501. The first-order chi connectivity index (χ1) is 14.3. The second kappa shape index (κ2) is 7.54. The van der Waals surface area contributed by atoms with Crippen molar-refractivity contribution in [1.82, 2.24) is 19.8 Å². The van der Waals surface area contributed by atoms with Gasteiger partial charge in [0.05, 0.1) is 22.4 Å². The van der Waals surface area contributed by atoms with Gasteiger partial charge in [0.25, 0.3) is 5.56 Å². The number of rotatable bonds is 6. The number of aryl methyl sites for hydroxylation is 2. The molecule has 10 heteroatoms. The van der Waals surface area contributed by atoms with E-state index in [1.807, 2.05) is 6.92 Å². The molecule has 1 N–H and O–H groups in total. The van der Waals surface area contributed by atoms with Crippen molar-refractivity contribution in [2.45, 2.75) is 23.8 Å². The summed E-state index contributed by atoms with van der Waals surface area (Å²) >= 11 is 0. The Labute approximate surface area is 172 Å². The molecule has 0 amide bonds. The van der Waals surface area contributed by atoms with E-state index in [9.17, 15) is 13.2 Å². The van der Waals surface area contributed by atoms with E-state index in [1.54, 1.807) is 44.4 Å². The van der Waals surface area contributed by atoms with E-state index in [0.29, 0.717) is 35.4 Å². The average Bonchev–Trinajstić information content (AvgIpc) is 3.13. The van der Waals surface area contributed by atoms with Crippen LogP contribution in [0.2, 0.25) is 0 Å². The largest absolute Gasteiger partial charge is 0.491 e. The number of H-pyrrole nitrogens is 1. The molecule has 0 bridgehead atoms. The Morgan fingerprint density at radius 2 is 1.90 bits per heavy atom. The zero-order valence-corrected chi connectivity index (χ0v) is 17.5. The molecule has 2 aromatic heterocycles. The van der Waals surface area contributed by atoms with Gasteiger partial charge in [-0.25, -0.2) is 8.42 Å². The van der Waals surface area contributed by atoms with E-state index in [-0.39, 0.29) is 15.6 Å². The van der Waals surface area contributed by atoms with E-state index in [1.165, 1.54) is 10.6 Å². The normalized spacial score (nSPS) is 12.0. The van der Waals surface area contributed by atoms with Crippen LogP contribution in [0.1, 0.15) is 11.1 Å². The van der Waals surface area contributed by atoms with Crippen LogP contribution in [0.5, 0.6) is 5.75 Å². The molecule has 0 atom stereocenters. The number of methoxy groups -OCH3 is 1. The van der Waals surface area contributed by atoms with Gasteiger partial charge in [-0.15, -0.1) is 5.10 Å². The molecule has 0 spiro atoms. The number of nitrogens with one attached hydrogen (secondary N) is 1. The molecule has 0 aliphatic heterocycles. The molecule has 4 rings (SSSR count). The van der Waals surface area contributed by atoms with E-state index in [2.05, 4.69) is 15.3 Å². The highest BCUT2D eigenvalue weighted by molar-refractivity contribution is 7.91. The van der Waals surface area contributed by atoms with Gasteiger partial charge in [-0.3, -0.25) is 4.79 Å². The van der Waals surface area contributed by atoms with Crippen LogP contribution in [0.4, 0.5) is 0 Å². The van der Waals surface area contributed by atoms with Crippen LogP contribution in [0.15, 0.2) is 51.1 Å². The Bertz CT molecular complexity index is 1420. The molecule has 0 saturated heterocycles. The highest BCUT2D eigenvalue weighted by atomic mass is 32.2. The van der Waals surface area contributed by atoms with Crippen molar-refractivity contribution in [3.63, 3.8) is 0 Å². The summed E-state index contributed by atoms with van der Waals surface area (Å²) in [6.07, 6.45) is 0. The van der Waals surface area contributed by atoms with Crippen LogP contribution in [-0.4, -0.2) is 48.6 Å². The summed E-state index contributed by atoms with van der Waals surface area (Å²) in [6.45, 7) is 4.34. The summed E-state index contributed by atoms with van der Waals surface area (Å²) in [6, 6.07) is 9.90. The van der Waals surface area contributed by atoms with Gasteiger partial charge < -0.3 is 14.5 Å². The number of hydrogen-bond donors (Lipinski definition) is 1. The third kappa shape index (κ3) is 3.33. The topological polar surface area (TPSA) is 116 Å². The van der Waals surface area contributed by atoms with Gasteiger partial charge in [-0.2, -0.15) is 4.52 Å². The zero-order chi connectivity index (χ0) is 21.5. The lowest BCUT2D eigenvalue weighted by molar-refractivity contribution is 0.146. The standard InChI is InChI=1S/C20H20N4O5S/c1-12-4-7-17(13(2)10-12)30(26,27)20-18-21-19(25)15-6-5-14(29-9-8-28-3)11-16(15)24(18)23-22-20/h4-7,10-11H,8-9H2,1-3H3,(H,21,25). The number of aromatic amines is 1. The fraction of sp³-hybridized carbons (Fsp3) is 0.250. The zero-order valence-electron chi connectivity index (χ0n) is 16.7. The van der Waals surface area contributed by atoms with Crippen molar-refractivity contribution in [3.8, 4) is 5.75 Å². The van der Waals surface area contributed by atoms with Gasteiger partial charge in [-0.1, -0.05) is 22.9 Å². The monoisotopic (exact) mass is 428 g/mol. The van der Waals surface area contributed by atoms with E-state index >= 15 is 0 Å². The smallest absolute Gasteiger partial charge is 0.259 e. The molecule has 2 aromatic carbocycles. The van der Waals surface area contributed by atoms with Crippen molar-refractivity contribution in [2.24, 2.45) is 0 Å². The van der Waals surface area contributed by atoms with Crippen molar-refractivity contribution >= 4 is 26.4 Å². The Balaban J connectivity index is 1.90. The van der Waals surface area contributed by atoms with Crippen LogP contribution in [0.3, 0.4) is 0 Å². The number of benzene rings is 2.